The molecule has 0 radical (unpaired) electrons. The van der Waals surface area contributed by atoms with Crippen molar-refractivity contribution in [1.82, 2.24) is 20.3 Å². The van der Waals surface area contributed by atoms with E-state index in [1.54, 1.807) is 23.0 Å². The average Bonchev–Trinajstić information content (AvgIpc) is 2.78. The van der Waals surface area contributed by atoms with E-state index in [4.69, 9.17) is 0 Å². The number of rotatable bonds is 4. The molecule has 2 aromatic rings. The van der Waals surface area contributed by atoms with Gasteiger partial charge in [-0.2, -0.15) is 0 Å². The minimum atomic E-state index is -0.314. The molecule has 0 aliphatic heterocycles. The van der Waals surface area contributed by atoms with Crippen LogP contribution < -0.4 is 5.32 Å². The van der Waals surface area contributed by atoms with Gasteiger partial charge >= 0.3 is 0 Å². The van der Waals surface area contributed by atoms with E-state index in [2.05, 4.69) is 45.4 Å². The summed E-state index contributed by atoms with van der Waals surface area (Å²) >= 11 is 3.13. The Kier molecular flexibility index (Phi) is 4.08. The third-order valence-corrected chi connectivity index (χ3v) is 3.10. The van der Waals surface area contributed by atoms with Crippen molar-refractivity contribution in [2.75, 3.05) is 0 Å². The van der Waals surface area contributed by atoms with E-state index in [-0.39, 0.29) is 5.82 Å². The molecule has 4 nitrogen and oxygen atoms in total. The lowest BCUT2D eigenvalue weighted by Crippen LogP contribution is -2.23. The van der Waals surface area contributed by atoms with Crippen molar-refractivity contribution >= 4 is 15.9 Å². The molecule has 0 aliphatic carbocycles. The highest BCUT2D eigenvalue weighted by molar-refractivity contribution is 9.10. The molecular weight excluding hydrogens is 299 g/mol. The van der Waals surface area contributed by atoms with Gasteiger partial charge in [0.25, 0.3) is 0 Å². The molecule has 0 saturated carbocycles. The summed E-state index contributed by atoms with van der Waals surface area (Å²) in [5.41, 5.74) is 1.55. The van der Waals surface area contributed by atoms with Crippen molar-refractivity contribution in [3.63, 3.8) is 0 Å². The normalized spacial score (nSPS) is 11.2. The number of hydrogen-bond donors (Lipinski definition) is 1. The van der Waals surface area contributed by atoms with Crippen molar-refractivity contribution in [2.24, 2.45) is 0 Å². The molecule has 2 rings (SSSR count). The Morgan fingerprint density at radius 2 is 2.22 bits per heavy atom. The zero-order valence-corrected chi connectivity index (χ0v) is 11.8. The highest BCUT2D eigenvalue weighted by atomic mass is 79.9. The van der Waals surface area contributed by atoms with Crippen molar-refractivity contribution in [1.29, 1.82) is 0 Å². The molecule has 6 heteroatoms. The van der Waals surface area contributed by atoms with E-state index in [0.29, 0.717) is 22.7 Å². The van der Waals surface area contributed by atoms with Gasteiger partial charge in [-0.3, -0.25) is 0 Å². The van der Waals surface area contributed by atoms with Gasteiger partial charge in [-0.25, -0.2) is 9.07 Å². The highest BCUT2D eigenvalue weighted by Crippen LogP contribution is 2.19. The van der Waals surface area contributed by atoms with Crippen molar-refractivity contribution in [2.45, 2.75) is 26.4 Å². The highest BCUT2D eigenvalue weighted by Gasteiger charge is 2.08. The van der Waals surface area contributed by atoms with Gasteiger partial charge in [0, 0.05) is 18.7 Å². The van der Waals surface area contributed by atoms with Crippen LogP contribution in [-0.2, 0) is 6.54 Å². The van der Waals surface area contributed by atoms with Crippen LogP contribution in [0, 0.1) is 5.82 Å². The van der Waals surface area contributed by atoms with Crippen LogP contribution in [0.5, 0.6) is 0 Å². The summed E-state index contributed by atoms with van der Waals surface area (Å²) < 4.78 is 15.6. The predicted molar refractivity (Wildman–Crippen MR) is 71.0 cm³/mol. The third kappa shape index (κ3) is 2.94. The Bertz CT molecular complexity index is 539. The third-order valence-electron chi connectivity index (χ3n) is 2.46. The maximum Gasteiger partial charge on any atom is 0.139 e. The van der Waals surface area contributed by atoms with Gasteiger partial charge in [-0.1, -0.05) is 19.1 Å². The quantitative estimate of drug-likeness (QED) is 0.944. The first-order valence-electron chi connectivity index (χ1n) is 5.66. The summed E-state index contributed by atoms with van der Waals surface area (Å²) in [6, 6.07) is 5.25. The number of nitrogens with one attached hydrogen (secondary N) is 1. The number of nitrogens with zero attached hydrogens (tertiary/aromatic N) is 3. The molecule has 0 spiro atoms. The maximum absolute atomic E-state index is 13.5. The van der Waals surface area contributed by atoms with Gasteiger partial charge in [0.05, 0.1) is 22.1 Å². The summed E-state index contributed by atoms with van der Waals surface area (Å²) in [4.78, 5) is 0. The fourth-order valence-electron chi connectivity index (χ4n) is 1.52. The summed E-state index contributed by atoms with van der Waals surface area (Å²) in [5.74, 6) is -0.314. The Labute approximate surface area is 113 Å². The smallest absolute Gasteiger partial charge is 0.139 e. The lowest BCUT2D eigenvalue weighted by molar-refractivity contribution is 0.569. The average molecular weight is 313 g/mol. The minimum absolute atomic E-state index is 0.314. The summed E-state index contributed by atoms with van der Waals surface area (Å²) in [6.45, 7) is 4.77. The second-order valence-corrected chi connectivity index (χ2v) is 5.13. The zero-order chi connectivity index (χ0) is 13.1. The first-order valence-corrected chi connectivity index (χ1v) is 6.45. The molecule has 0 bridgehead atoms. The first-order chi connectivity index (χ1) is 8.58. The Morgan fingerprint density at radius 3 is 2.89 bits per heavy atom. The molecule has 1 N–H and O–H groups in total. The second-order valence-electron chi connectivity index (χ2n) is 4.27. The van der Waals surface area contributed by atoms with Crippen LogP contribution in [0.4, 0.5) is 4.39 Å². The van der Waals surface area contributed by atoms with Crippen LogP contribution in [-0.4, -0.2) is 21.0 Å². The molecular formula is C12H14BrFN4. The van der Waals surface area contributed by atoms with E-state index in [1.165, 1.54) is 6.07 Å². The maximum atomic E-state index is 13.5. The molecule has 0 aliphatic rings. The Morgan fingerprint density at radius 1 is 1.44 bits per heavy atom. The van der Waals surface area contributed by atoms with E-state index in [0.717, 1.165) is 5.69 Å². The van der Waals surface area contributed by atoms with Crippen LogP contribution in [0.2, 0.25) is 0 Å². The van der Waals surface area contributed by atoms with Crippen LogP contribution in [0.1, 0.15) is 19.5 Å². The van der Waals surface area contributed by atoms with Gasteiger partial charge in [0.1, 0.15) is 5.82 Å². The standard InChI is InChI=1S/C12H14BrFN4/c1-8(2)15-6-10-7-16-17-18(10)9-3-4-11(13)12(14)5-9/h3-5,7-8,15H,6H2,1-2H3. The van der Waals surface area contributed by atoms with Crippen molar-refractivity contribution in [3.05, 3.63) is 40.4 Å². The Hall–Kier alpha value is -1.27. The van der Waals surface area contributed by atoms with Gasteiger partial charge in [0.2, 0.25) is 0 Å². The van der Waals surface area contributed by atoms with E-state index in [1.807, 2.05) is 0 Å². The molecule has 1 heterocycles. The Balaban J connectivity index is 2.27. The SMILES string of the molecule is CC(C)NCc1cnnn1-c1ccc(Br)c(F)c1. The van der Waals surface area contributed by atoms with Crippen molar-refractivity contribution < 1.29 is 4.39 Å². The molecule has 0 atom stereocenters. The van der Waals surface area contributed by atoms with E-state index < -0.39 is 0 Å². The van der Waals surface area contributed by atoms with E-state index >= 15 is 0 Å². The lowest BCUT2D eigenvalue weighted by Gasteiger charge is -2.10. The molecule has 0 unspecified atom stereocenters. The number of aromatic nitrogens is 3. The van der Waals surface area contributed by atoms with Crippen LogP contribution in [0.15, 0.2) is 28.9 Å². The summed E-state index contributed by atoms with van der Waals surface area (Å²) in [7, 11) is 0. The monoisotopic (exact) mass is 312 g/mol. The van der Waals surface area contributed by atoms with Crippen LogP contribution >= 0.6 is 15.9 Å². The van der Waals surface area contributed by atoms with Crippen LogP contribution in [0.25, 0.3) is 5.69 Å². The topological polar surface area (TPSA) is 42.7 Å². The van der Waals surface area contributed by atoms with Gasteiger partial charge < -0.3 is 5.32 Å². The van der Waals surface area contributed by atoms with Crippen LogP contribution in [0.3, 0.4) is 0 Å². The van der Waals surface area contributed by atoms with Crippen molar-refractivity contribution in [3.8, 4) is 5.69 Å². The van der Waals surface area contributed by atoms with Gasteiger partial charge in [-0.15, -0.1) is 5.10 Å². The number of halogens is 2. The number of hydrogen-bond acceptors (Lipinski definition) is 3. The first kappa shape index (κ1) is 13.2. The van der Waals surface area contributed by atoms with Gasteiger partial charge in [0.15, 0.2) is 0 Å². The number of benzene rings is 1. The largest absolute Gasteiger partial charge is 0.309 e. The molecule has 96 valence electrons. The second kappa shape index (κ2) is 5.58. The minimum Gasteiger partial charge on any atom is -0.309 e. The summed E-state index contributed by atoms with van der Waals surface area (Å²) in [6.07, 6.45) is 1.68. The van der Waals surface area contributed by atoms with Gasteiger partial charge in [-0.05, 0) is 28.1 Å². The van der Waals surface area contributed by atoms with E-state index in [9.17, 15) is 4.39 Å². The molecule has 0 amide bonds. The fourth-order valence-corrected chi connectivity index (χ4v) is 1.77. The lowest BCUT2D eigenvalue weighted by atomic mass is 10.3. The fraction of sp³-hybridized carbons (Fsp3) is 0.333. The predicted octanol–water partition coefficient (Wildman–Crippen LogP) is 2.67. The molecule has 18 heavy (non-hydrogen) atoms. The zero-order valence-electron chi connectivity index (χ0n) is 10.2. The molecule has 1 aromatic heterocycles. The molecule has 0 fully saturated rings. The molecule has 1 aromatic carbocycles. The molecule has 0 saturated heterocycles. The summed E-state index contributed by atoms with van der Waals surface area (Å²) in [5, 5.41) is 11.1.